The van der Waals surface area contributed by atoms with Crippen molar-refractivity contribution in [1.82, 2.24) is 14.5 Å². The molecule has 0 saturated carbocycles. The number of hydrogen-bond donors (Lipinski definition) is 0. The maximum atomic E-state index is 4.86. The van der Waals surface area contributed by atoms with E-state index in [4.69, 9.17) is 12.2 Å². The van der Waals surface area contributed by atoms with Crippen LogP contribution in [-0.4, -0.2) is 14.5 Å². The van der Waals surface area contributed by atoms with E-state index < -0.39 is 0 Å². The Balaban J connectivity index is 3.16. The van der Waals surface area contributed by atoms with Crippen LogP contribution in [-0.2, 0) is 6.54 Å². The van der Waals surface area contributed by atoms with E-state index in [-0.39, 0.29) is 0 Å². The van der Waals surface area contributed by atoms with Crippen molar-refractivity contribution >= 4 is 12.2 Å². The summed E-state index contributed by atoms with van der Waals surface area (Å²) in [6.07, 6.45) is 3.13. The van der Waals surface area contributed by atoms with E-state index in [1.54, 1.807) is 10.9 Å². The summed E-state index contributed by atoms with van der Waals surface area (Å²) in [6, 6.07) is 0. The summed E-state index contributed by atoms with van der Waals surface area (Å²) in [5.74, 6) is 0. The normalized spacial score (nSPS) is 9.44. The Labute approximate surface area is 58.4 Å². The summed E-state index contributed by atoms with van der Waals surface area (Å²) in [5.41, 5.74) is 0. The van der Waals surface area contributed by atoms with E-state index in [0.717, 1.165) is 6.54 Å². The van der Waals surface area contributed by atoms with Crippen LogP contribution in [0.5, 0.6) is 0 Å². The summed E-state index contributed by atoms with van der Waals surface area (Å²) < 4.78 is 2.39. The first-order chi connectivity index (χ1) is 4.34. The van der Waals surface area contributed by atoms with Gasteiger partial charge in [0.05, 0.1) is 6.33 Å². The van der Waals surface area contributed by atoms with Crippen molar-refractivity contribution in [2.24, 2.45) is 0 Å². The van der Waals surface area contributed by atoms with Crippen molar-refractivity contribution in [2.45, 2.75) is 13.5 Å². The molecule has 3 nitrogen and oxygen atoms in total. The van der Waals surface area contributed by atoms with Crippen molar-refractivity contribution in [1.29, 1.82) is 0 Å². The van der Waals surface area contributed by atoms with Gasteiger partial charge in [0.2, 0.25) is 4.77 Å². The first kappa shape index (κ1) is 6.35. The van der Waals surface area contributed by atoms with Crippen LogP contribution < -0.4 is 0 Å². The number of hydrogen-bond acceptors (Lipinski definition) is 3. The minimum Gasteiger partial charge on any atom is -0.308 e. The van der Waals surface area contributed by atoms with E-state index in [1.807, 2.05) is 6.92 Å². The van der Waals surface area contributed by atoms with Crippen LogP contribution in [0.3, 0.4) is 0 Å². The van der Waals surface area contributed by atoms with Crippen LogP contribution >= 0.6 is 12.2 Å². The molecule has 1 heterocycles. The third-order valence-corrected chi connectivity index (χ3v) is 1.37. The Morgan fingerprint density at radius 1 is 1.78 bits per heavy atom. The Morgan fingerprint density at radius 3 is 3.00 bits per heavy atom. The van der Waals surface area contributed by atoms with Crippen molar-refractivity contribution in [2.75, 3.05) is 0 Å². The SMILES string of the molecule is CCn1cncnc1=S. The molecule has 0 spiro atoms. The Kier molecular flexibility index (Phi) is 1.89. The van der Waals surface area contributed by atoms with Crippen LogP contribution in [0.2, 0.25) is 0 Å². The first-order valence-corrected chi connectivity index (χ1v) is 3.12. The fourth-order valence-corrected chi connectivity index (χ4v) is 0.757. The number of nitrogens with zero attached hydrogens (tertiary/aromatic N) is 3. The zero-order valence-corrected chi connectivity index (χ0v) is 5.93. The second-order valence-electron chi connectivity index (χ2n) is 1.58. The molecular weight excluding hydrogens is 134 g/mol. The van der Waals surface area contributed by atoms with Crippen LogP contribution in [0.15, 0.2) is 12.7 Å². The molecule has 0 aliphatic heterocycles. The Bertz CT molecular complexity index is 242. The molecule has 0 amide bonds. The third kappa shape index (κ3) is 1.32. The van der Waals surface area contributed by atoms with Gasteiger partial charge >= 0.3 is 0 Å². The molecule has 0 N–H and O–H groups in total. The van der Waals surface area contributed by atoms with E-state index in [0.29, 0.717) is 4.77 Å². The van der Waals surface area contributed by atoms with Crippen molar-refractivity contribution in [3.63, 3.8) is 0 Å². The second kappa shape index (κ2) is 2.68. The average molecular weight is 141 g/mol. The summed E-state index contributed by atoms with van der Waals surface area (Å²) >= 11 is 4.86. The highest BCUT2D eigenvalue weighted by Gasteiger charge is 1.83. The molecule has 0 radical (unpaired) electrons. The average Bonchev–Trinajstić information content (AvgIpc) is 1.89. The predicted molar refractivity (Wildman–Crippen MR) is 36.5 cm³/mol. The topological polar surface area (TPSA) is 30.7 Å². The maximum Gasteiger partial charge on any atom is 0.202 e. The molecule has 1 rings (SSSR count). The molecule has 0 atom stereocenters. The Morgan fingerprint density at radius 2 is 2.56 bits per heavy atom. The van der Waals surface area contributed by atoms with Crippen molar-refractivity contribution in [3.05, 3.63) is 17.4 Å². The van der Waals surface area contributed by atoms with E-state index in [1.165, 1.54) is 6.33 Å². The molecule has 48 valence electrons. The van der Waals surface area contributed by atoms with Crippen molar-refractivity contribution in [3.8, 4) is 0 Å². The minimum absolute atomic E-state index is 0.590. The van der Waals surface area contributed by atoms with Gasteiger partial charge in [0, 0.05) is 6.54 Å². The van der Waals surface area contributed by atoms with Crippen molar-refractivity contribution < 1.29 is 0 Å². The van der Waals surface area contributed by atoms with E-state index in [2.05, 4.69) is 9.97 Å². The highest BCUT2D eigenvalue weighted by molar-refractivity contribution is 7.71. The van der Waals surface area contributed by atoms with Gasteiger partial charge in [-0.2, -0.15) is 0 Å². The van der Waals surface area contributed by atoms with Gasteiger partial charge in [-0.25, -0.2) is 9.97 Å². The maximum absolute atomic E-state index is 4.86. The van der Waals surface area contributed by atoms with Gasteiger partial charge in [-0.3, -0.25) is 0 Å². The molecule has 9 heavy (non-hydrogen) atoms. The van der Waals surface area contributed by atoms with Gasteiger partial charge in [-0.15, -0.1) is 0 Å². The van der Waals surface area contributed by atoms with Gasteiger partial charge < -0.3 is 4.57 Å². The predicted octanol–water partition coefficient (Wildman–Crippen LogP) is 1.03. The van der Waals surface area contributed by atoms with Crippen LogP contribution in [0.4, 0.5) is 0 Å². The number of aromatic nitrogens is 3. The number of aryl methyl sites for hydroxylation is 1. The molecule has 0 unspecified atom stereocenters. The Hall–Kier alpha value is -0.770. The van der Waals surface area contributed by atoms with Gasteiger partial charge in [0.25, 0.3) is 0 Å². The zero-order chi connectivity index (χ0) is 6.69. The van der Waals surface area contributed by atoms with Gasteiger partial charge in [0.15, 0.2) is 0 Å². The molecule has 0 fully saturated rings. The highest BCUT2D eigenvalue weighted by Crippen LogP contribution is 1.83. The molecule has 1 aromatic heterocycles. The van der Waals surface area contributed by atoms with Gasteiger partial charge in [0.1, 0.15) is 6.33 Å². The highest BCUT2D eigenvalue weighted by atomic mass is 32.1. The van der Waals surface area contributed by atoms with Crippen LogP contribution in [0.25, 0.3) is 0 Å². The monoisotopic (exact) mass is 141 g/mol. The molecule has 0 aliphatic rings. The molecular formula is C5H7N3S. The second-order valence-corrected chi connectivity index (χ2v) is 1.94. The van der Waals surface area contributed by atoms with Crippen LogP contribution in [0.1, 0.15) is 6.92 Å². The lowest BCUT2D eigenvalue weighted by molar-refractivity contribution is 0.695. The summed E-state index contributed by atoms with van der Waals surface area (Å²) in [7, 11) is 0. The molecule has 0 bridgehead atoms. The molecule has 4 heteroatoms. The molecule has 1 aromatic rings. The largest absolute Gasteiger partial charge is 0.308 e. The van der Waals surface area contributed by atoms with Gasteiger partial charge in [-0.1, -0.05) is 0 Å². The quantitative estimate of drug-likeness (QED) is 0.547. The number of rotatable bonds is 1. The first-order valence-electron chi connectivity index (χ1n) is 2.71. The lowest BCUT2D eigenvalue weighted by Crippen LogP contribution is -1.99. The van der Waals surface area contributed by atoms with Crippen LogP contribution in [0, 0.1) is 4.77 Å². The van der Waals surface area contributed by atoms with Gasteiger partial charge in [-0.05, 0) is 19.1 Å². The zero-order valence-electron chi connectivity index (χ0n) is 5.11. The summed E-state index contributed by atoms with van der Waals surface area (Å²) in [4.78, 5) is 7.62. The molecule has 0 saturated heterocycles. The fourth-order valence-electron chi connectivity index (χ4n) is 0.533. The fraction of sp³-hybridized carbons (Fsp3) is 0.400. The van der Waals surface area contributed by atoms with E-state index in [9.17, 15) is 0 Å². The van der Waals surface area contributed by atoms with E-state index >= 15 is 0 Å². The summed E-state index contributed by atoms with van der Waals surface area (Å²) in [5, 5.41) is 0. The summed E-state index contributed by atoms with van der Waals surface area (Å²) in [6.45, 7) is 2.83. The lowest BCUT2D eigenvalue weighted by atomic mass is 10.7. The minimum atomic E-state index is 0.590. The molecule has 0 aliphatic carbocycles. The standard InChI is InChI=1S/C5H7N3S/c1-2-8-4-6-3-7-5(8)9/h3-4H,2H2,1H3. The molecule has 0 aromatic carbocycles. The third-order valence-electron chi connectivity index (χ3n) is 1.03. The lowest BCUT2D eigenvalue weighted by Gasteiger charge is -1.96. The smallest absolute Gasteiger partial charge is 0.202 e.